The minimum atomic E-state index is -0.737. The molecule has 0 N–H and O–H groups in total. The summed E-state index contributed by atoms with van der Waals surface area (Å²) in [5.41, 5.74) is 1.73. The summed E-state index contributed by atoms with van der Waals surface area (Å²) in [4.78, 5) is 11.9. The maximum Gasteiger partial charge on any atom is 0.373 e. The molecule has 5 heteroatoms. The first-order valence-corrected chi connectivity index (χ1v) is 7.49. The molecule has 22 heavy (non-hydrogen) atoms. The lowest BCUT2D eigenvalue weighted by molar-refractivity contribution is -0.149. The highest BCUT2D eigenvalue weighted by Gasteiger charge is 2.33. The molecule has 2 rings (SSSR count). The van der Waals surface area contributed by atoms with Gasteiger partial charge < -0.3 is 18.9 Å². The molecule has 0 amide bonds. The molecule has 1 aromatic carbocycles. The van der Waals surface area contributed by atoms with E-state index in [2.05, 4.69) is 0 Å². The fraction of sp³-hybridized carbons (Fsp3) is 0.471. The molecule has 0 unspecified atom stereocenters. The van der Waals surface area contributed by atoms with Crippen LogP contribution in [0.15, 0.2) is 30.0 Å². The van der Waals surface area contributed by atoms with E-state index in [9.17, 15) is 4.79 Å². The van der Waals surface area contributed by atoms with Crippen molar-refractivity contribution in [2.24, 2.45) is 0 Å². The largest absolute Gasteiger partial charge is 0.487 e. The van der Waals surface area contributed by atoms with Crippen molar-refractivity contribution in [1.82, 2.24) is 0 Å². The SMILES string of the molecule is CCOC(=O)C(=Cc1cccc(C2(C)OCCO2)c1)OCC. The quantitative estimate of drug-likeness (QED) is 0.459. The maximum atomic E-state index is 11.9. The lowest BCUT2D eigenvalue weighted by Crippen LogP contribution is -2.22. The van der Waals surface area contributed by atoms with Crippen LogP contribution >= 0.6 is 0 Å². The highest BCUT2D eigenvalue weighted by atomic mass is 16.7. The van der Waals surface area contributed by atoms with Crippen LogP contribution in [0.4, 0.5) is 0 Å². The van der Waals surface area contributed by atoms with E-state index in [0.717, 1.165) is 11.1 Å². The van der Waals surface area contributed by atoms with E-state index < -0.39 is 11.8 Å². The number of benzene rings is 1. The molecular weight excluding hydrogens is 284 g/mol. The fourth-order valence-electron chi connectivity index (χ4n) is 2.26. The van der Waals surface area contributed by atoms with Crippen LogP contribution in [-0.2, 0) is 29.5 Å². The molecule has 0 spiro atoms. The van der Waals surface area contributed by atoms with Crippen molar-refractivity contribution < 1.29 is 23.7 Å². The van der Waals surface area contributed by atoms with Gasteiger partial charge in [-0.2, -0.15) is 0 Å². The van der Waals surface area contributed by atoms with Gasteiger partial charge in [0, 0.05) is 5.56 Å². The monoisotopic (exact) mass is 306 g/mol. The van der Waals surface area contributed by atoms with E-state index in [1.54, 1.807) is 13.0 Å². The molecule has 0 radical (unpaired) electrons. The lowest BCUT2D eigenvalue weighted by Gasteiger charge is -2.23. The number of ether oxygens (including phenoxy) is 4. The van der Waals surface area contributed by atoms with Crippen molar-refractivity contribution >= 4 is 12.0 Å². The predicted molar refractivity (Wildman–Crippen MR) is 81.9 cm³/mol. The van der Waals surface area contributed by atoms with Gasteiger partial charge in [0.25, 0.3) is 0 Å². The third kappa shape index (κ3) is 3.87. The Balaban J connectivity index is 2.27. The Morgan fingerprint density at radius 2 is 1.91 bits per heavy atom. The first kappa shape index (κ1) is 16.5. The summed E-state index contributed by atoms with van der Waals surface area (Å²) < 4.78 is 21.7. The minimum Gasteiger partial charge on any atom is -0.487 e. The highest BCUT2D eigenvalue weighted by Crippen LogP contribution is 2.31. The van der Waals surface area contributed by atoms with Crippen molar-refractivity contribution in [1.29, 1.82) is 0 Å². The second kappa shape index (κ2) is 7.42. The number of carbonyl (C=O) groups excluding carboxylic acids is 1. The zero-order chi connectivity index (χ0) is 16.0. The molecular formula is C17H22O5. The van der Waals surface area contributed by atoms with Crippen molar-refractivity contribution in [3.8, 4) is 0 Å². The summed E-state index contributed by atoms with van der Waals surface area (Å²) in [6, 6.07) is 7.64. The molecule has 0 aromatic heterocycles. The molecule has 1 aromatic rings. The zero-order valence-electron chi connectivity index (χ0n) is 13.3. The molecule has 1 aliphatic heterocycles. The number of rotatable bonds is 6. The van der Waals surface area contributed by atoms with Gasteiger partial charge in [-0.15, -0.1) is 0 Å². The molecule has 1 saturated heterocycles. The summed E-state index contributed by atoms with van der Waals surface area (Å²) in [6.07, 6.45) is 1.67. The van der Waals surface area contributed by atoms with Crippen LogP contribution in [0.5, 0.6) is 0 Å². The Bertz CT molecular complexity index is 544. The van der Waals surface area contributed by atoms with Crippen molar-refractivity contribution in [2.75, 3.05) is 26.4 Å². The van der Waals surface area contributed by atoms with E-state index in [1.165, 1.54) is 0 Å². The van der Waals surface area contributed by atoms with Crippen LogP contribution in [0.3, 0.4) is 0 Å². The average Bonchev–Trinajstić information content (AvgIpc) is 2.96. The third-order valence-electron chi connectivity index (χ3n) is 3.32. The first-order valence-electron chi connectivity index (χ1n) is 7.49. The predicted octanol–water partition coefficient (Wildman–Crippen LogP) is 2.85. The van der Waals surface area contributed by atoms with Crippen molar-refractivity contribution in [3.05, 3.63) is 41.2 Å². The fourth-order valence-corrected chi connectivity index (χ4v) is 2.26. The molecule has 5 nitrogen and oxygen atoms in total. The van der Waals surface area contributed by atoms with E-state index in [-0.39, 0.29) is 5.76 Å². The molecule has 0 atom stereocenters. The minimum absolute atomic E-state index is 0.194. The average molecular weight is 306 g/mol. The summed E-state index contributed by atoms with van der Waals surface area (Å²) in [5.74, 6) is -1.01. The molecule has 1 heterocycles. The molecule has 1 fully saturated rings. The topological polar surface area (TPSA) is 54.0 Å². The van der Waals surface area contributed by atoms with Gasteiger partial charge in [-0.1, -0.05) is 18.2 Å². The molecule has 0 aliphatic carbocycles. The van der Waals surface area contributed by atoms with Gasteiger partial charge in [0.15, 0.2) is 5.79 Å². The number of hydrogen-bond donors (Lipinski definition) is 0. The third-order valence-corrected chi connectivity index (χ3v) is 3.32. The number of esters is 1. The van der Waals surface area contributed by atoms with Crippen LogP contribution in [0.1, 0.15) is 31.9 Å². The summed E-state index contributed by atoms with van der Waals surface area (Å²) in [6.45, 7) is 7.32. The van der Waals surface area contributed by atoms with E-state index in [0.29, 0.717) is 26.4 Å². The Kier molecular flexibility index (Phi) is 5.57. The lowest BCUT2D eigenvalue weighted by atomic mass is 10.0. The second-order valence-electron chi connectivity index (χ2n) is 4.93. The van der Waals surface area contributed by atoms with Crippen LogP contribution in [0.25, 0.3) is 6.08 Å². The van der Waals surface area contributed by atoms with Crippen LogP contribution in [-0.4, -0.2) is 32.4 Å². The van der Waals surface area contributed by atoms with Gasteiger partial charge in [0.05, 0.1) is 26.4 Å². The Hall–Kier alpha value is -1.85. The summed E-state index contributed by atoms with van der Waals surface area (Å²) in [5, 5.41) is 0. The smallest absolute Gasteiger partial charge is 0.373 e. The molecule has 0 saturated carbocycles. The Labute approximate surface area is 130 Å². The first-order chi connectivity index (χ1) is 10.6. The zero-order valence-corrected chi connectivity index (χ0v) is 13.3. The highest BCUT2D eigenvalue weighted by molar-refractivity contribution is 5.91. The van der Waals surface area contributed by atoms with Crippen molar-refractivity contribution in [3.63, 3.8) is 0 Å². The maximum absolute atomic E-state index is 11.9. The van der Waals surface area contributed by atoms with Crippen LogP contribution in [0.2, 0.25) is 0 Å². The standard InChI is InChI=1S/C17H22O5/c1-4-19-15(16(18)20-5-2)12-13-7-6-8-14(11-13)17(3)21-9-10-22-17/h6-8,11-12H,4-5,9-10H2,1-3H3. The van der Waals surface area contributed by atoms with Gasteiger partial charge in [0.2, 0.25) is 5.76 Å². The summed E-state index contributed by atoms with van der Waals surface area (Å²) >= 11 is 0. The van der Waals surface area contributed by atoms with Gasteiger partial charge in [-0.05, 0) is 38.5 Å². The molecule has 0 bridgehead atoms. The normalized spacial score (nSPS) is 17.3. The molecule has 120 valence electrons. The van der Waals surface area contributed by atoms with E-state index >= 15 is 0 Å². The van der Waals surface area contributed by atoms with Gasteiger partial charge in [-0.25, -0.2) is 4.79 Å². The van der Waals surface area contributed by atoms with Gasteiger partial charge in [-0.3, -0.25) is 0 Å². The van der Waals surface area contributed by atoms with Crippen molar-refractivity contribution in [2.45, 2.75) is 26.6 Å². The Morgan fingerprint density at radius 1 is 1.23 bits per heavy atom. The van der Waals surface area contributed by atoms with Gasteiger partial charge >= 0.3 is 5.97 Å². The van der Waals surface area contributed by atoms with E-state index in [4.69, 9.17) is 18.9 Å². The Morgan fingerprint density at radius 3 is 2.55 bits per heavy atom. The molecule has 1 aliphatic rings. The number of hydrogen-bond acceptors (Lipinski definition) is 5. The number of carbonyl (C=O) groups is 1. The van der Waals surface area contributed by atoms with Crippen LogP contribution < -0.4 is 0 Å². The van der Waals surface area contributed by atoms with E-state index in [1.807, 2.05) is 38.1 Å². The summed E-state index contributed by atoms with van der Waals surface area (Å²) in [7, 11) is 0. The second-order valence-corrected chi connectivity index (χ2v) is 4.93. The van der Waals surface area contributed by atoms with Crippen LogP contribution in [0, 0.1) is 0 Å². The van der Waals surface area contributed by atoms with Gasteiger partial charge in [0.1, 0.15) is 0 Å².